The lowest BCUT2D eigenvalue weighted by Gasteiger charge is -2.15. The topological polar surface area (TPSA) is 72.6 Å². The van der Waals surface area contributed by atoms with Crippen molar-refractivity contribution in [3.8, 4) is 17.2 Å². The number of halogens is 1. The van der Waals surface area contributed by atoms with Gasteiger partial charge in [0.2, 0.25) is 5.89 Å². The summed E-state index contributed by atoms with van der Waals surface area (Å²) < 4.78 is 24.8. The molecule has 3 rings (SSSR count). The van der Waals surface area contributed by atoms with E-state index in [2.05, 4.69) is 11.9 Å². The molecule has 0 amide bonds. The van der Waals surface area contributed by atoms with Crippen molar-refractivity contribution in [2.24, 2.45) is 5.92 Å². The Morgan fingerprint density at radius 1 is 1.16 bits per heavy atom. The van der Waals surface area contributed by atoms with Gasteiger partial charge in [0.15, 0.2) is 0 Å². The maximum absolute atomic E-state index is 13.1. The van der Waals surface area contributed by atoms with Crippen LogP contribution in [0.4, 0.5) is 4.39 Å². The van der Waals surface area contributed by atoms with Gasteiger partial charge in [0, 0.05) is 12.0 Å². The van der Waals surface area contributed by atoms with Gasteiger partial charge < -0.3 is 14.3 Å². The van der Waals surface area contributed by atoms with Crippen LogP contribution in [-0.2, 0) is 24.1 Å². The first-order chi connectivity index (χ1) is 14.9. The number of carbonyl (C=O) groups is 1. The molecule has 0 fully saturated rings. The summed E-state index contributed by atoms with van der Waals surface area (Å²) >= 11 is 0. The molecule has 1 atom stereocenters. The summed E-state index contributed by atoms with van der Waals surface area (Å²) in [7, 11) is 0. The molecule has 0 aliphatic heterocycles. The van der Waals surface area contributed by atoms with E-state index in [1.54, 1.807) is 12.1 Å². The van der Waals surface area contributed by atoms with Crippen LogP contribution in [0.25, 0.3) is 11.5 Å². The summed E-state index contributed by atoms with van der Waals surface area (Å²) in [5.41, 5.74) is 3.69. The number of carboxylic acid groups (broad SMARTS) is 1. The van der Waals surface area contributed by atoms with E-state index < -0.39 is 5.97 Å². The fourth-order valence-corrected chi connectivity index (χ4v) is 3.53. The number of hydrogen-bond donors (Lipinski definition) is 1. The third-order valence-corrected chi connectivity index (χ3v) is 5.46. The molecule has 1 unspecified atom stereocenters. The zero-order valence-corrected chi connectivity index (χ0v) is 18.2. The fraction of sp³-hybridized carbons (Fsp3) is 0.360. The number of oxazole rings is 1. The van der Waals surface area contributed by atoms with Crippen LogP contribution < -0.4 is 4.74 Å². The maximum Gasteiger partial charge on any atom is 0.306 e. The lowest BCUT2D eigenvalue weighted by Crippen LogP contribution is -2.16. The average molecular weight is 426 g/mol. The van der Waals surface area contributed by atoms with E-state index >= 15 is 0 Å². The third-order valence-electron chi connectivity index (χ3n) is 5.46. The van der Waals surface area contributed by atoms with E-state index in [9.17, 15) is 14.3 Å². The number of benzene rings is 2. The van der Waals surface area contributed by atoms with Gasteiger partial charge in [-0.1, -0.05) is 19.9 Å². The molecule has 0 saturated heterocycles. The van der Waals surface area contributed by atoms with Crippen LogP contribution >= 0.6 is 0 Å². The molecule has 0 spiro atoms. The average Bonchev–Trinajstić information content (AvgIpc) is 3.13. The minimum atomic E-state index is -0.757. The molecule has 0 bridgehead atoms. The van der Waals surface area contributed by atoms with Crippen molar-refractivity contribution in [1.82, 2.24) is 4.98 Å². The van der Waals surface area contributed by atoms with Gasteiger partial charge >= 0.3 is 5.97 Å². The zero-order valence-electron chi connectivity index (χ0n) is 18.2. The van der Waals surface area contributed by atoms with E-state index in [0.29, 0.717) is 37.5 Å². The van der Waals surface area contributed by atoms with Crippen molar-refractivity contribution in [3.05, 3.63) is 70.9 Å². The molecule has 2 aromatic carbocycles. The van der Waals surface area contributed by atoms with Gasteiger partial charge in [-0.15, -0.1) is 0 Å². The predicted molar refractivity (Wildman–Crippen MR) is 117 cm³/mol. The van der Waals surface area contributed by atoms with Gasteiger partial charge in [-0.25, -0.2) is 9.37 Å². The Hall–Kier alpha value is -3.15. The van der Waals surface area contributed by atoms with Crippen LogP contribution in [0.5, 0.6) is 5.75 Å². The Balaban J connectivity index is 1.63. The number of carboxylic acids is 1. The molecule has 6 heteroatoms. The first-order valence-corrected chi connectivity index (χ1v) is 10.6. The number of rotatable bonds is 10. The Kier molecular flexibility index (Phi) is 7.45. The van der Waals surface area contributed by atoms with Gasteiger partial charge in [0.05, 0.1) is 18.2 Å². The van der Waals surface area contributed by atoms with Gasteiger partial charge in [-0.05, 0) is 73.7 Å². The van der Waals surface area contributed by atoms with Crippen molar-refractivity contribution in [2.75, 3.05) is 6.61 Å². The van der Waals surface area contributed by atoms with Gasteiger partial charge in [0.25, 0.3) is 0 Å². The molecular formula is C25H28FNO4. The summed E-state index contributed by atoms with van der Waals surface area (Å²) in [5, 5.41) is 9.33. The zero-order chi connectivity index (χ0) is 22.4. The summed E-state index contributed by atoms with van der Waals surface area (Å²) in [6, 6.07) is 11.9. The molecule has 0 radical (unpaired) electrons. The Morgan fingerprint density at radius 3 is 2.55 bits per heavy atom. The van der Waals surface area contributed by atoms with Crippen LogP contribution in [-0.4, -0.2) is 22.7 Å². The lowest BCUT2D eigenvalue weighted by atomic mass is 9.93. The Morgan fingerprint density at radius 2 is 1.90 bits per heavy atom. The molecule has 0 aliphatic rings. The smallest absolute Gasteiger partial charge is 0.306 e. The highest BCUT2D eigenvalue weighted by molar-refractivity contribution is 5.70. The normalized spacial score (nSPS) is 12.0. The van der Waals surface area contributed by atoms with E-state index in [1.807, 2.05) is 32.0 Å². The van der Waals surface area contributed by atoms with Gasteiger partial charge in [-0.3, -0.25) is 4.79 Å². The van der Waals surface area contributed by atoms with E-state index in [4.69, 9.17) is 9.15 Å². The Bertz CT molecular complexity index is 1030. The second-order valence-corrected chi connectivity index (χ2v) is 7.56. The molecule has 0 saturated carbocycles. The first-order valence-electron chi connectivity index (χ1n) is 10.6. The largest absolute Gasteiger partial charge is 0.493 e. The van der Waals surface area contributed by atoms with E-state index in [0.717, 1.165) is 34.6 Å². The van der Waals surface area contributed by atoms with Gasteiger partial charge in [-0.2, -0.15) is 0 Å². The number of ether oxygens (including phenoxy) is 1. The molecule has 3 aromatic rings. The quantitative estimate of drug-likeness (QED) is 0.456. The van der Waals surface area contributed by atoms with Crippen molar-refractivity contribution < 1.29 is 23.4 Å². The Labute approximate surface area is 181 Å². The van der Waals surface area contributed by atoms with Crippen molar-refractivity contribution in [1.29, 1.82) is 0 Å². The summed E-state index contributed by atoms with van der Waals surface area (Å²) in [6.07, 6.45) is 2.52. The molecule has 31 heavy (non-hydrogen) atoms. The molecule has 1 aromatic heterocycles. The maximum atomic E-state index is 13.1. The summed E-state index contributed by atoms with van der Waals surface area (Å²) in [6.45, 7) is 6.24. The van der Waals surface area contributed by atoms with Crippen LogP contribution in [0, 0.1) is 18.7 Å². The van der Waals surface area contributed by atoms with Crippen LogP contribution in [0.1, 0.15) is 42.8 Å². The van der Waals surface area contributed by atoms with Crippen LogP contribution in [0.2, 0.25) is 0 Å². The first kappa shape index (κ1) is 22.5. The monoisotopic (exact) mass is 425 g/mol. The van der Waals surface area contributed by atoms with Gasteiger partial charge in [0.1, 0.15) is 17.3 Å². The molecule has 1 heterocycles. The summed E-state index contributed by atoms with van der Waals surface area (Å²) in [5.74, 6) is 0.506. The number of aliphatic carboxylic acids is 1. The van der Waals surface area contributed by atoms with Crippen molar-refractivity contribution in [2.45, 2.75) is 46.5 Å². The number of aromatic nitrogens is 1. The van der Waals surface area contributed by atoms with E-state index in [-0.39, 0.29) is 11.7 Å². The third kappa shape index (κ3) is 5.72. The van der Waals surface area contributed by atoms with E-state index in [1.165, 1.54) is 12.1 Å². The number of nitrogens with zero attached hydrogens (tertiary/aromatic N) is 1. The second kappa shape index (κ2) is 10.2. The molecule has 0 aliphatic carbocycles. The predicted octanol–water partition coefficient (Wildman–Crippen LogP) is 5.63. The van der Waals surface area contributed by atoms with Crippen molar-refractivity contribution >= 4 is 5.97 Å². The van der Waals surface area contributed by atoms with Crippen LogP contribution in [0.15, 0.2) is 46.9 Å². The highest BCUT2D eigenvalue weighted by Gasteiger charge is 2.17. The minimum Gasteiger partial charge on any atom is -0.493 e. The SMILES string of the molecule is CCc1cc(OCCc2nc(-c3ccc(F)cc3)oc2C)ccc1CC(CC)C(=O)O. The molecule has 164 valence electrons. The highest BCUT2D eigenvalue weighted by Crippen LogP contribution is 2.24. The molecule has 1 N–H and O–H groups in total. The van der Waals surface area contributed by atoms with Crippen molar-refractivity contribution in [3.63, 3.8) is 0 Å². The second-order valence-electron chi connectivity index (χ2n) is 7.56. The highest BCUT2D eigenvalue weighted by atomic mass is 19.1. The number of aryl methyl sites for hydroxylation is 2. The standard InChI is InChI=1S/C25H28FNO4/c1-4-17-15-22(11-8-20(17)14-18(5-2)25(28)29)30-13-12-23-16(3)31-24(27-23)19-6-9-21(26)10-7-19/h6-11,15,18H,4-5,12-14H2,1-3H3,(H,28,29). The fourth-order valence-electron chi connectivity index (χ4n) is 3.53. The lowest BCUT2D eigenvalue weighted by molar-refractivity contribution is -0.141. The molecule has 5 nitrogen and oxygen atoms in total. The van der Waals surface area contributed by atoms with Crippen LogP contribution in [0.3, 0.4) is 0 Å². The number of hydrogen-bond acceptors (Lipinski definition) is 4. The molecular weight excluding hydrogens is 397 g/mol. The summed E-state index contributed by atoms with van der Waals surface area (Å²) in [4.78, 5) is 15.9. The minimum absolute atomic E-state index is 0.300.